The zero-order valence-electron chi connectivity index (χ0n) is 10.2. The lowest BCUT2D eigenvalue weighted by molar-refractivity contribution is 0.0716. The fraction of sp³-hybridized carbons (Fsp3) is 0.615. The third-order valence-corrected chi connectivity index (χ3v) is 3.09. The summed E-state index contributed by atoms with van der Waals surface area (Å²) in [4.78, 5) is 6.40. The fourth-order valence-electron chi connectivity index (χ4n) is 2.24. The van der Waals surface area contributed by atoms with Gasteiger partial charge in [0.25, 0.3) is 0 Å². The van der Waals surface area contributed by atoms with E-state index in [1.807, 2.05) is 12.4 Å². The third kappa shape index (κ3) is 4.07. The van der Waals surface area contributed by atoms with E-state index in [-0.39, 0.29) is 0 Å². The molecule has 94 valence electrons. The normalized spacial score (nSPS) is 20.0. The predicted octanol–water partition coefficient (Wildman–Crippen LogP) is 1.02. The number of nitrogens with zero attached hydrogens (tertiary/aromatic N) is 2. The Kier molecular flexibility index (Phi) is 4.91. The van der Waals surface area contributed by atoms with E-state index < -0.39 is 0 Å². The van der Waals surface area contributed by atoms with Gasteiger partial charge in [-0.2, -0.15) is 0 Å². The summed E-state index contributed by atoms with van der Waals surface area (Å²) in [5, 5.41) is 0. The molecule has 17 heavy (non-hydrogen) atoms. The van der Waals surface area contributed by atoms with Gasteiger partial charge in [-0.15, -0.1) is 0 Å². The van der Waals surface area contributed by atoms with Crippen LogP contribution in [0.1, 0.15) is 18.4 Å². The first-order valence-electron chi connectivity index (χ1n) is 6.31. The summed E-state index contributed by atoms with van der Waals surface area (Å²) >= 11 is 0. The van der Waals surface area contributed by atoms with E-state index in [2.05, 4.69) is 22.0 Å². The van der Waals surface area contributed by atoms with Gasteiger partial charge >= 0.3 is 0 Å². The van der Waals surface area contributed by atoms with Crippen molar-refractivity contribution in [2.24, 2.45) is 5.73 Å². The molecule has 2 heterocycles. The summed E-state index contributed by atoms with van der Waals surface area (Å²) in [6.07, 6.45) is 6.43. The van der Waals surface area contributed by atoms with Crippen LogP contribution in [0.3, 0.4) is 0 Å². The molecular weight excluding hydrogens is 214 g/mol. The van der Waals surface area contributed by atoms with Gasteiger partial charge in [0.2, 0.25) is 0 Å². The second kappa shape index (κ2) is 6.69. The van der Waals surface area contributed by atoms with Crippen LogP contribution in [0.2, 0.25) is 0 Å². The zero-order chi connectivity index (χ0) is 11.9. The molecule has 1 atom stereocenters. The Morgan fingerprint density at radius 3 is 2.88 bits per heavy atom. The Labute approximate surface area is 103 Å². The third-order valence-electron chi connectivity index (χ3n) is 3.09. The maximum absolute atomic E-state index is 5.67. The van der Waals surface area contributed by atoms with Crippen molar-refractivity contribution in [3.05, 3.63) is 30.1 Å². The topological polar surface area (TPSA) is 51.4 Å². The van der Waals surface area contributed by atoms with E-state index in [0.717, 1.165) is 26.2 Å². The van der Waals surface area contributed by atoms with Gasteiger partial charge in [0, 0.05) is 45.2 Å². The Bertz CT molecular complexity index is 312. The van der Waals surface area contributed by atoms with Crippen LogP contribution in [0.5, 0.6) is 0 Å². The number of hydrogen-bond acceptors (Lipinski definition) is 4. The van der Waals surface area contributed by atoms with Crippen LogP contribution in [0.4, 0.5) is 0 Å². The molecule has 1 saturated heterocycles. The van der Waals surface area contributed by atoms with E-state index >= 15 is 0 Å². The summed E-state index contributed by atoms with van der Waals surface area (Å²) < 4.78 is 5.67. The molecule has 2 rings (SSSR count). The van der Waals surface area contributed by atoms with Gasteiger partial charge in [-0.3, -0.25) is 9.88 Å². The minimum absolute atomic E-state index is 0.392. The Hall–Kier alpha value is -0.970. The average Bonchev–Trinajstić information content (AvgIpc) is 2.83. The van der Waals surface area contributed by atoms with Crippen LogP contribution in [0.15, 0.2) is 24.5 Å². The van der Waals surface area contributed by atoms with Crippen molar-refractivity contribution >= 4 is 0 Å². The fourth-order valence-corrected chi connectivity index (χ4v) is 2.24. The lowest BCUT2D eigenvalue weighted by Gasteiger charge is -2.24. The molecule has 4 nitrogen and oxygen atoms in total. The number of ether oxygens (including phenoxy) is 1. The average molecular weight is 235 g/mol. The van der Waals surface area contributed by atoms with E-state index in [9.17, 15) is 0 Å². The van der Waals surface area contributed by atoms with E-state index in [1.54, 1.807) is 0 Å². The molecule has 0 amide bonds. The highest BCUT2D eigenvalue weighted by molar-refractivity contribution is 5.09. The molecule has 0 aliphatic carbocycles. The number of pyridine rings is 1. The monoisotopic (exact) mass is 235 g/mol. The first kappa shape index (κ1) is 12.5. The summed E-state index contributed by atoms with van der Waals surface area (Å²) in [7, 11) is 0. The van der Waals surface area contributed by atoms with Gasteiger partial charge in [0.15, 0.2) is 0 Å². The number of rotatable bonds is 6. The minimum atomic E-state index is 0.392. The van der Waals surface area contributed by atoms with Crippen molar-refractivity contribution in [3.63, 3.8) is 0 Å². The highest BCUT2D eigenvalue weighted by Gasteiger charge is 2.18. The van der Waals surface area contributed by atoms with Crippen molar-refractivity contribution in [2.45, 2.75) is 25.5 Å². The number of hydrogen-bond donors (Lipinski definition) is 1. The number of nitrogens with two attached hydrogens (primary N) is 1. The maximum atomic E-state index is 5.67. The first-order chi connectivity index (χ1) is 8.38. The molecule has 1 aliphatic rings. The van der Waals surface area contributed by atoms with Crippen LogP contribution in [0.25, 0.3) is 0 Å². The quantitative estimate of drug-likeness (QED) is 0.800. The van der Waals surface area contributed by atoms with Crippen molar-refractivity contribution < 1.29 is 4.74 Å². The Morgan fingerprint density at radius 2 is 2.24 bits per heavy atom. The molecule has 1 aliphatic heterocycles. The molecule has 1 aromatic heterocycles. The van der Waals surface area contributed by atoms with E-state index in [4.69, 9.17) is 10.5 Å². The van der Waals surface area contributed by atoms with Crippen LogP contribution in [0, 0.1) is 0 Å². The molecular formula is C13H21N3O. The van der Waals surface area contributed by atoms with E-state index in [1.165, 1.54) is 18.4 Å². The van der Waals surface area contributed by atoms with Crippen molar-refractivity contribution in [2.75, 3.05) is 26.2 Å². The zero-order valence-corrected chi connectivity index (χ0v) is 10.2. The van der Waals surface area contributed by atoms with Crippen molar-refractivity contribution in [1.29, 1.82) is 0 Å². The van der Waals surface area contributed by atoms with Crippen LogP contribution < -0.4 is 5.73 Å². The smallest absolute Gasteiger partial charge is 0.0702 e. The Morgan fingerprint density at radius 1 is 1.41 bits per heavy atom. The van der Waals surface area contributed by atoms with Crippen LogP contribution in [-0.4, -0.2) is 42.2 Å². The second-order valence-corrected chi connectivity index (χ2v) is 4.51. The molecule has 1 unspecified atom stereocenters. The number of aromatic nitrogens is 1. The molecule has 2 N–H and O–H groups in total. The van der Waals surface area contributed by atoms with Gasteiger partial charge in [0.05, 0.1) is 6.10 Å². The van der Waals surface area contributed by atoms with Gasteiger partial charge in [-0.1, -0.05) is 0 Å². The SMILES string of the molecule is NCCN(Cc1ccncc1)CC1CCCO1. The largest absolute Gasteiger partial charge is 0.377 e. The van der Waals surface area contributed by atoms with Gasteiger partial charge < -0.3 is 10.5 Å². The standard InChI is InChI=1S/C13H21N3O/c14-5-8-16(11-13-2-1-9-17-13)10-12-3-6-15-7-4-12/h3-4,6-7,13H,1-2,5,8-11,14H2. The lowest BCUT2D eigenvalue weighted by Crippen LogP contribution is -2.35. The van der Waals surface area contributed by atoms with E-state index in [0.29, 0.717) is 12.6 Å². The Balaban J connectivity index is 1.87. The molecule has 0 radical (unpaired) electrons. The van der Waals surface area contributed by atoms with Crippen molar-refractivity contribution in [1.82, 2.24) is 9.88 Å². The van der Waals surface area contributed by atoms with Crippen LogP contribution in [-0.2, 0) is 11.3 Å². The molecule has 0 spiro atoms. The molecule has 1 aromatic rings. The first-order valence-corrected chi connectivity index (χ1v) is 6.31. The molecule has 1 fully saturated rings. The highest BCUT2D eigenvalue weighted by Crippen LogP contribution is 2.14. The molecule has 0 saturated carbocycles. The van der Waals surface area contributed by atoms with Crippen molar-refractivity contribution in [3.8, 4) is 0 Å². The summed E-state index contributed by atoms with van der Waals surface area (Å²) in [6.45, 7) is 4.44. The summed E-state index contributed by atoms with van der Waals surface area (Å²) in [6, 6.07) is 4.11. The van der Waals surface area contributed by atoms with Gasteiger partial charge in [0.1, 0.15) is 0 Å². The summed E-state index contributed by atoms with van der Waals surface area (Å²) in [5.41, 5.74) is 6.95. The maximum Gasteiger partial charge on any atom is 0.0702 e. The summed E-state index contributed by atoms with van der Waals surface area (Å²) in [5.74, 6) is 0. The molecule has 4 heteroatoms. The highest BCUT2D eigenvalue weighted by atomic mass is 16.5. The molecule has 0 aromatic carbocycles. The lowest BCUT2D eigenvalue weighted by atomic mass is 10.2. The molecule has 0 bridgehead atoms. The van der Waals surface area contributed by atoms with Crippen LogP contribution >= 0.6 is 0 Å². The second-order valence-electron chi connectivity index (χ2n) is 4.51. The minimum Gasteiger partial charge on any atom is -0.377 e. The predicted molar refractivity (Wildman–Crippen MR) is 67.5 cm³/mol. The van der Waals surface area contributed by atoms with Gasteiger partial charge in [-0.25, -0.2) is 0 Å². The van der Waals surface area contributed by atoms with Gasteiger partial charge in [-0.05, 0) is 30.5 Å².